The van der Waals surface area contributed by atoms with Crippen molar-refractivity contribution in [2.75, 3.05) is 13.7 Å². The highest BCUT2D eigenvalue weighted by Crippen LogP contribution is 2.64. The molecule has 0 bridgehead atoms. The number of carbonyl (C=O) groups is 2. The van der Waals surface area contributed by atoms with Gasteiger partial charge in [-0.25, -0.2) is 0 Å². The summed E-state index contributed by atoms with van der Waals surface area (Å²) in [4.78, 5) is 24.1. The van der Waals surface area contributed by atoms with E-state index >= 15 is 0 Å². The van der Waals surface area contributed by atoms with E-state index in [0.717, 1.165) is 12.0 Å². The molecule has 4 nitrogen and oxygen atoms in total. The first-order chi connectivity index (χ1) is 11.7. The Hall–Kier alpha value is -1.32. The monoisotopic (exact) mass is 348 g/mol. The zero-order valence-corrected chi connectivity index (χ0v) is 16.1. The van der Waals surface area contributed by atoms with Crippen molar-refractivity contribution in [2.45, 2.75) is 59.3 Å². The maximum absolute atomic E-state index is 12.4. The highest BCUT2D eigenvalue weighted by Gasteiger charge is 2.56. The smallest absolute Gasteiger partial charge is 0.313 e. The first kappa shape index (κ1) is 18.5. The van der Waals surface area contributed by atoms with Crippen LogP contribution in [0.5, 0.6) is 0 Å². The van der Waals surface area contributed by atoms with E-state index in [9.17, 15) is 9.59 Å². The minimum absolute atomic E-state index is 0.133. The second-order valence-corrected chi connectivity index (χ2v) is 9.25. The van der Waals surface area contributed by atoms with Crippen molar-refractivity contribution in [1.29, 1.82) is 0 Å². The van der Waals surface area contributed by atoms with Crippen LogP contribution in [0, 0.1) is 34.5 Å². The SMILES string of the molecule is C=C([C@@H]1C(=O)OC[C@@H]1CC(=O)OC)[C@H]1CC[C@H]2C(C)(C)CCC[C@]12C. The lowest BCUT2D eigenvalue weighted by Crippen LogP contribution is -2.43. The minimum atomic E-state index is -0.357. The molecule has 3 aliphatic rings. The van der Waals surface area contributed by atoms with Crippen LogP contribution >= 0.6 is 0 Å². The molecule has 1 heterocycles. The molecule has 1 aliphatic heterocycles. The Bertz CT molecular complexity index is 578. The standard InChI is InChI=1S/C21H32O4/c1-13(18-14(11-17(22)24-5)12-25-19(18)23)15-7-8-16-20(2,3)9-6-10-21(15,16)4/h14-16,18H,1,6-12H2,2-5H3/t14-,15+,16-,18-,21+/m0/s1. The van der Waals surface area contributed by atoms with Gasteiger partial charge >= 0.3 is 11.9 Å². The average Bonchev–Trinajstić information content (AvgIpc) is 3.07. The number of methoxy groups -OCH3 is 1. The predicted octanol–water partition coefficient (Wildman–Crippen LogP) is 4.14. The van der Waals surface area contributed by atoms with Crippen molar-refractivity contribution in [3.05, 3.63) is 12.2 Å². The molecule has 140 valence electrons. The lowest BCUT2D eigenvalue weighted by atomic mass is 9.54. The molecule has 0 N–H and O–H groups in total. The number of ether oxygens (including phenoxy) is 2. The zero-order valence-electron chi connectivity index (χ0n) is 16.1. The van der Waals surface area contributed by atoms with Gasteiger partial charge in [-0.1, -0.05) is 39.3 Å². The Morgan fingerprint density at radius 3 is 2.68 bits per heavy atom. The summed E-state index contributed by atoms with van der Waals surface area (Å²) in [5, 5.41) is 0. The highest BCUT2D eigenvalue weighted by atomic mass is 16.5. The van der Waals surface area contributed by atoms with Gasteiger partial charge in [0.2, 0.25) is 0 Å². The topological polar surface area (TPSA) is 52.6 Å². The number of carbonyl (C=O) groups excluding carboxylic acids is 2. The molecule has 2 saturated carbocycles. The maximum atomic E-state index is 12.4. The fourth-order valence-corrected chi connectivity index (χ4v) is 6.29. The van der Waals surface area contributed by atoms with Gasteiger partial charge in [-0.05, 0) is 48.3 Å². The fraction of sp³-hybridized carbons (Fsp3) is 0.810. The predicted molar refractivity (Wildman–Crippen MR) is 95.7 cm³/mol. The number of hydrogen-bond acceptors (Lipinski definition) is 4. The van der Waals surface area contributed by atoms with Gasteiger partial charge in [0.1, 0.15) is 0 Å². The largest absolute Gasteiger partial charge is 0.469 e. The Morgan fingerprint density at radius 2 is 2.00 bits per heavy atom. The molecule has 25 heavy (non-hydrogen) atoms. The van der Waals surface area contributed by atoms with E-state index in [1.54, 1.807) is 0 Å². The van der Waals surface area contributed by atoms with Gasteiger partial charge in [0.05, 0.1) is 26.1 Å². The van der Waals surface area contributed by atoms with Gasteiger partial charge in [0.25, 0.3) is 0 Å². The lowest BCUT2D eigenvalue weighted by Gasteiger charge is -2.50. The van der Waals surface area contributed by atoms with Crippen LogP contribution in [0.2, 0.25) is 0 Å². The fourth-order valence-electron chi connectivity index (χ4n) is 6.29. The Kier molecular flexibility index (Phi) is 4.76. The van der Waals surface area contributed by atoms with Crippen LogP contribution < -0.4 is 0 Å². The summed E-state index contributed by atoms with van der Waals surface area (Å²) < 4.78 is 10.1. The summed E-state index contributed by atoms with van der Waals surface area (Å²) in [5.74, 6) is 0.0349. The van der Waals surface area contributed by atoms with E-state index in [-0.39, 0.29) is 35.6 Å². The van der Waals surface area contributed by atoms with E-state index < -0.39 is 0 Å². The lowest BCUT2D eigenvalue weighted by molar-refractivity contribution is -0.142. The second-order valence-electron chi connectivity index (χ2n) is 9.25. The van der Waals surface area contributed by atoms with E-state index in [2.05, 4.69) is 27.4 Å². The molecule has 0 amide bonds. The van der Waals surface area contributed by atoms with Gasteiger partial charge in [0, 0.05) is 5.92 Å². The van der Waals surface area contributed by atoms with Gasteiger partial charge in [0.15, 0.2) is 0 Å². The molecule has 4 heteroatoms. The molecule has 3 rings (SSSR count). The third-order valence-electron chi connectivity index (χ3n) is 7.48. The van der Waals surface area contributed by atoms with Crippen LogP contribution in [0.3, 0.4) is 0 Å². The number of cyclic esters (lactones) is 1. The van der Waals surface area contributed by atoms with Crippen LogP contribution in [0.25, 0.3) is 0 Å². The summed E-state index contributed by atoms with van der Waals surface area (Å²) in [6.07, 6.45) is 6.25. The van der Waals surface area contributed by atoms with Crippen LogP contribution in [0.1, 0.15) is 59.3 Å². The molecule has 0 aromatic heterocycles. The van der Waals surface area contributed by atoms with Crippen LogP contribution in [0.4, 0.5) is 0 Å². The summed E-state index contributed by atoms with van der Waals surface area (Å²) in [5.41, 5.74) is 1.56. The van der Waals surface area contributed by atoms with Crippen LogP contribution in [0.15, 0.2) is 12.2 Å². The Morgan fingerprint density at radius 1 is 1.28 bits per heavy atom. The van der Waals surface area contributed by atoms with Gasteiger partial charge in [-0.15, -0.1) is 0 Å². The molecule has 2 aliphatic carbocycles. The van der Waals surface area contributed by atoms with Gasteiger partial charge in [-0.3, -0.25) is 9.59 Å². The molecule has 0 unspecified atom stereocenters. The molecule has 0 aromatic rings. The van der Waals surface area contributed by atoms with Crippen molar-refractivity contribution in [2.24, 2.45) is 34.5 Å². The minimum Gasteiger partial charge on any atom is -0.469 e. The van der Waals surface area contributed by atoms with Crippen molar-refractivity contribution in [3.63, 3.8) is 0 Å². The second kappa shape index (κ2) is 6.44. The molecular formula is C21H32O4. The van der Waals surface area contributed by atoms with Crippen LogP contribution in [-0.2, 0) is 19.1 Å². The molecular weight excluding hydrogens is 316 g/mol. The van der Waals surface area contributed by atoms with E-state index in [1.165, 1.54) is 32.8 Å². The number of rotatable bonds is 4. The zero-order chi connectivity index (χ0) is 18.4. The van der Waals surface area contributed by atoms with Crippen molar-refractivity contribution in [3.8, 4) is 0 Å². The normalized spacial score (nSPS) is 39.6. The van der Waals surface area contributed by atoms with Crippen LogP contribution in [-0.4, -0.2) is 25.7 Å². The Labute approximate surface area is 151 Å². The first-order valence-corrected chi connectivity index (χ1v) is 9.63. The average molecular weight is 348 g/mol. The van der Waals surface area contributed by atoms with E-state index in [1.807, 2.05) is 0 Å². The molecule has 5 atom stereocenters. The number of hydrogen-bond donors (Lipinski definition) is 0. The highest BCUT2D eigenvalue weighted by molar-refractivity contribution is 5.80. The maximum Gasteiger partial charge on any atom is 0.313 e. The molecule has 1 saturated heterocycles. The summed E-state index contributed by atoms with van der Waals surface area (Å²) in [6.45, 7) is 11.9. The third kappa shape index (κ3) is 3.02. The van der Waals surface area contributed by atoms with E-state index in [4.69, 9.17) is 9.47 Å². The summed E-state index contributed by atoms with van der Waals surface area (Å²) >= 11 is 0. The van der Waals surface area contributed by atoms with E-state index in [0.29, 0.717) is 23.9 Å². The Balaban J connectivity index is 1.82. The van der Waals surface area contributed by atoms with Crippen molar-refractivity contribution < 1.29 is 19.1 Å². The quantitative estimate of drug-likeness (QED) is 0.566. The first-order valence-electron chi connectivity index (χ1n) is 9.63. The molecule has 0 radical (unpaired) electrons. The van der Waals surface area contributed by atoms with Gasteiger partial charge in [-0.2, -0.15) is 0 Å². The molecule has 3 fully saturated rings. The number of esters is 2. The van der Waals surface area contributed by atoms with Crippen molar-refractivity contribution >= 4 is 11.9 Å². The van der Waals surface area contributed by atoms with Crippen molar-refractivity contribution in [1.82, 2.24) is 0 Å². The molecule has 0 spiro atoms. The third-order valence-corrected chi connectivity index (χ3v) is 7.48. The molecule has 0 aromatic carbocycles. The summed E-state index contributed by atoms with van der Waals surface area (Å²) in [7, 11) is 1.39. The van der Waals surface area contributed by atoms with Gasteiger partial charge < -0.3 is 9.47 Å². The summed E-state index contributed by atoms with van der Waals surface area (Å²) in [6, 6.07) is 0. The number of fused-ring (bicyclic) bond motifs is 1.